The molecule has 1 amide bonds. The van der Waals surface area contributed by atoms with E-state index in [-0.39, 0.29) is 12.8 Å². The van der Waals surface area contributed by atoms with Crippen molar-refractivity contribution in [1.82, 2.24) is 5.32 Å². The number of nitrogens with one attached hydrogen (secondary N) is 1. The van der Waals surface area contributed by atoms with Crippen LogP contribution in [-0.4, -0.2) is 34.1 Å². The number of aliphatic carboxylic acids is 2. The molecule has 0 aliphatic carbocycles. The van der Waals surface area contributed by atoms with Crippen LogP contribution in [0, 0.1) is 0 Å². The molecule has 0 saturated carbocycles. The molecule has 3 N–H and O–H groups in total. The number of carboxylic acid groups (broad SMARTS) is 2. The van der Waals surface area contributed by atoms with E-state index in [0.717, 1.165) is 0 Å². The average Bonchev–Trinajstić information content (AvgIpc) is 2.21. The van der Waals surface area contributed by atoms with Crippen molar-refractivity contribution in [2.24, 2.45) is 0 Å². The van der Waals surface area contributed by atoms with E-state index < -0.39 is 23.9 Å². The number of carbonyl (C=O) groups is 3. The SMILES string of the molecule is CC=C(C)C(=O)N[C@@H](CCC(=O)O)C(=O)O. The molecule has 0 unspecified atom stereocenters. The minimum Gasteiger partial charge on any atom is -0.481 e. The highest BCUT2D eigenvalue weighted by Gasteiger charge is 2.21. The van der Waals surface area contributed by atoms with Crippen LogP contribution in [0.3, 0.4) is 0 Å². The van der Waals surface area contributed by atoms with Crippen LogP contribution < -0.4 is 5.32 Å². The van der Waals surface area contributed by atoms with Gasteiger partial charge in [-0.1, -0.05) is 6.08 Å². The second kappa shape index (κ2) is 6.60. The topological polar surface area (TPSA) is 104 Å². The van der Waals surface area contributed by atoms with Crippen molar-refractivity contribution in [1.29, 1.82) is 0 Å². The predicted molar refractivity (Wildman–Crippen MR) is 55.9 cm³/mol. The third-order valence-electron chi connectivity index (χ3n) is 2.04. The Morgan fingerprint density at radius 3 is 2.25 bits per heavy atom. The van der Waals surface area contributed by atoms with Gasteiger partial charge in [-0.3, -0.25) is 9.59 Å². The van der Waals surface area contributed by atoms with Crippen molar-refractivity contribution < 1.29 is 24.6 Å². The fraction of sp³-hybridized carbons (Fsp3) is 0.500. The van der Waals surface area contributed by atoms with Crippen molar-refractivity contribution in [2.75, 3.05) is 0 Å². The standard InChI is InChI=1S/C10H15NO5/c1-3-6(2)9(14)11-7(10(15)16)4-5-8(12)13/h3,7H,4-5H2,1-2H3,(H,11,14)(H,12,13)(H,15,16)/t7-/m0/s1. The van der Waals surface area contributed by atoms with Crippen molar-refractivity contribution in [3.63, 3.8) is 0 Å². The van der Waals surface area contributed by atoms with Crippen LogP contribution in [0.2, 0.25) is 0 Å². The van der Waals surface area contributed by atoms with E-state index in [1.807, 2.05) is 0 Å². The van der Waals surface area contributed by atoms with Crippen molar-refractivity contribution in [3.8, 4) is 0 Å². The first kappa shape index (κ1) is 14.2. The third-order valence-corrected chi connectivity index (χ3v) is 2.04. The number of carbonyl (C=O) groups excluding carboxylic acids is 1. The fourth-order valence-corrected chi connectivity index (χ4v) is 0.928. The van der Waals surface area contributed by atoms with E-state index in [1.165, 1.54) is 0 Å². The predicted octanol–water partition coefficient (Wildman–Crippen LogP) is 0.387. The van der Waals surface area contributed by atoms with Gasteiger partial charge in [0.25, 0.3) is 0 Å². The molecule has 0 aliphatic heterocycles. The highest BCUT2D eigenvalue weighted by atomic mass is 16.4. The van der Waals surface area contributed by atoms with Gasteiger partial charge in [0, 0.05) is 12.0 Å². The first-order chi connectivity index (χ1) is 7.38. The van der Waals surface area contributed by atoms with Crippen molar-refractivity contribution in [3.05, 3.63) is 11.6 Å². The average molecular weight is 229 g/mol. The van der Waals surface area contributed by atoms with Gasteiger partial charge in [-0.25, -0.2) is 4.79 Å². The number of hydrogen-bond acceptors (Lipinski definition) is 3. The molecule has 16 heavy (non-hydrogen) atoms. The van der Waals surface area contributed by atoms with Crippen LogP contribution in [0.5, 0.6) is 0 Å². The Balaban J connectivity index is 4.40. The Bertz CT molecular complexity index is 321. The molecule has 90 valence electrons. The molecule has 0 heterocycles. The Morgan fingerprint density at radius 1 is 1.31 bits per heavy atom. The number of rotatable bonds is 6. The fourth-order valence-electron chi connectivity index (χ4n) is 0.928. The van der Waals surface area contributed by atoms with Gasteiger partial charge >= 0.3 is 11.9 Å². The van der Waals surface area contributed by atoms with Crippen LogP contribution in [-0.2, 0) is 14.4 Å². The molecule has 0 rings (SSSR count). The van der Waals surface area contributed by atoms with E-state index in [0.29, 0.717) is 5.57 Å². The van der Waals surface area contributed by atoms with Gasteiger partial charge < -0.3 is 15.5 Å². The van der Waals surface area contributed by atoms with Gasteiger partial charge in [-0.2, -0.15) is 0 Å². The molecule has 1 atom stereocenters. The van der Waals surface area contributed by atoms with Gasteiger partial charge in [0.2, 0.25) is 5.91 Å². The van der Waals surface area contributed by atoms with Gasteiger partial charge in [0.15, 0.2) is 0 Å². The second-order valence-electron chi connectivity index (χ2n) is 3.27. The summed E-state index contributed by atoms with van der Waals surface area (Å²) >= 11 is 0. The summed E-state index contributed by atoms with van der Waals surface area (Å²) in [6.07, 6.45) is 1.12. The molecular weight excluding hydrogens is 214 g/mol. The Labute approximate surface area is 93.0 Å². The van der Waals surface area contributed by atoms with E-state index in [1.54, 1.807) is 19.9 Å². The van der Waals surface area contributed by atoms with E-state index in [9.17, 15) is 14.4 Å². The lowest BCUT2D eigenvalue weighted by molar-refractivity contribution is -0.142. The van der Waals surface area contributed by atoms with Crippen LogP contribution in [0.25, 0.3) is 0 Å². The summed E-state index contributed by atoms with van der Waals surface area (Å²) in [5.74, 6) is -2.83. The summed E-state index contributed by atoms with van der Waals surface area (Å²) in [5, 5.41) is 19.4. The van der Waals surface area contributed by atoms with Gasteiger partial charge in [0.1, 0.15) is 6.04 Å². The molecule has 6 heteroatoms. The zero-order chi connectivity index (χ0) is 12.7. The van der Waals surface area contributed by atoms with E-state index in [2.05, 4.69) is 5.32 Å². The summed E-state index contributed by atoms with van der Waals surface area (Å²) in [5.41, 5.74) is 0.390. The molecule has 0 aromatic carbocycles. The maximum absolute atomic E-state index is 11.3. The summed E-state index contributed by atoms with van der Waals surface area (Å²) in [6.45, 7) is 3.20. The van der Waals surface area contributed by atoms with Crippen LogP contribution >= 0.6 is 0 Å². The lowest BCUT2D eigenvalue weighted by atomic mass is 10.1. The zero-order valence-electron chi connectivity index (χ0n) is 9.19. The highest BCUT2D eigenvalue weighted by Crippen LogP contribution is 2.00. The van der Waals surface area contributed by atoms with Crippen LogP contribution in [0.4, 0.5) is 0 Å². The van der Waals surface area contributed by atoms with Gasteiger partial charge in [-0.15, -0.1) is 0 Å². The lowest BCUT2D eigenvalue weighted by Crippen LogP contribution is -2.41. The molecule has 0 spiro atoms. The highest BCUT2D eigenvalue weighted by molar-refractivity contribution is 5.95. The largest absolute Gasteiger partial charge is 0.481 e. The molecule has 0 radical (unpaired) electrons. The second-order valence-corrected chi connectivity index (χ2v) is 3.27. The van der Waals surface area contributed by atoms with Crippen molar-refractivity contribution in [2.45, 2.75) is 32.7 Å². The minimum absolute atomic E-state index is 0.132. The van der Waals surface area contributed by atoms with Crippen LogP contribution in [0.1, 0.15) is 26.7 Å². The Morgan fingerprint density at radius 2 is 1.88 bits per heavy atom. The number of amides is 1. The van der Waals surface area contributed by atoms with Gasteiger partial charge in [0.05, 0.1) is 0 Å². The maximum atomic E-state index is 11.3. The van der Waals surface area contributed by atoms with Gasteiger partial charge in [-0.05, 0) is 20.3 Å². The summed E-state index contributed by atoms with van der Waals surface area (Å²) in [6, 6.07) is -1.17. The number of hydrogen-bond donors (Lipinski definition) is 3. The zero-order valence-corrected chi connectivity index (χ0v) is 9.19. The van der Waals surface area contributed by atoms with E-state index in [4.69, 9.17) is 10.2 Å². The maximum Gasteiger partial charge on any atom is 0.326 e. The summed E-state index contributed by atoms with van der Waals surface area (Å²) in [7, 11) is 0. The number of carboxylic acids is 2. The van der Waals surface area contributed by atoms with Crippen molar-refractivity contribution >= 4 is 17.8 Å². The quantitative estimate of drug-likeness (QED) is 0.571. The number of allylic oxidation sites excluding steroid dienone is 1. The molecule has 0 aromatic heterocycles. The molecule has 0 bridgehead atoms. The first-order valence-electron chi connectivity index (χ1n) is 4.76. The third kappa shape index (κ3) is 5.14. The monoisotopic (exact) mass is 229 g/mol. The normalized spacial score (nSPS) is 13.0. The molecule has 0 aromatic rings. The van der Waals surface area contributed by atoms with E-state index >= 15 is 0 Å². The molecule has 0 fully saturated rings. The minimum atomic E-state index is -1.24. The van der Waals surface area contributed by atoms with Crippen LogP contribution in [0.15, 0.2) is 11.6 Å². The first-order valence-corrected chi connectivity index (χ1v) is 4.76. The summed E-state index contributed by atoms with van der Waals surface area (Å²) in [4.78, 5) is 32.4. The summed E-state index contributed by atoms with van der Waals surface area (Å²) < 4.78 is 0. The molecule has 0 aliphatic rings. The Hall–Kier alpha value is -1.85. The molecular formula is C10H15NO5. The molecule has 6 nitrogen and oxygen atoms in total. The smallest absolute Gasteiger partial charge is 0.326 e. The lowest BCUT2D eigenvalue weighted by Gasteiger charge is -2.13. The molecule has 0 saturated heterocycles. The Kier molecular flexibility index (Phi) is 5.84.